The van der Waals surface area contributed by atoms with Crippen LogP contribution in [0.1, 0.15) is 17.3 Å². The van der Waals surface area contributed by atoms with Crippen molar-refractivity contribution in [3.8, 4) is 0 Å². The molecule has 0 fully saturated rings. The maximum absolute atomic E-state index is 10.6. The van der Waals surface area contributed by atoms with Gasteiger partial charge in [-0.15, -0.1) is 11.3 Å². The maximum Gasteiger partial charge on any atom is 0.305 e. The predicted molar refractivity (Wildman–Crippen MR) is 63.9 cm³/mol. The van der Waals surface area contributed by atoms with Crippen molar-refractivity contribution in [2.24, 2.45) is 0 Å². The number of hydrogen-bond acceptors (Lipinski definition) is 3. The average molecular weight is 357 g/mol. The molecule has 1 unspecified atom stereocenters. The molecule has 0 aliphatic rings. The van der Waals surface area contributed by atoms with Crippen LogP contribution in [0.5, 0.6) is 0 Å². The van der Waals surface area contributed by atoms with Crippen molar-refractivity contribution in [1.82, 2.24) is 5.32 Å². The molecule has 0 spiro atoms. The number of hydrogen-bond donors (Lipinski definition) is 2. The van der Waals surface area contributed by atoms with E-state index in [1.165, 1.54) is 11.3 Å². The molecule has 15 heavy (non-hydrogen) atoms. The molecule has 0 aliphatic carbocycles. The van der Waals surface area contributed by atoms with E-state index in [2.05, 4.69) is 37.2 Å². The van der Waals surface area contributed by atoms with Gasteiger partial charge in [0, 0.05) is 9.35 Å². The summed E-state index contributed by atoms with van der Waals surface area (Å²) >= 11 is 8.00. The third-order valence-electron chi connectivity index (χ3n) is 1.66. The Morgan fingerprint density at radius 2 is 2.33 bits per heavy atom. The molecule has 0 aliphatic heterocycles. The fourth-order valence-corrected chi connectivity index (χ4v) is 3.18. The lowest BCUT2D eigenvalue weighted by Crippen LogP contribution is -2.21. The SMILES string of the molecule is O=CNC(CC(=O)O)c1cc(Br)c(Br)s1. The molecule has 2 N–H and O–H groups in total. The van der Waals surface area contributed by atoms with Crippen LogP contribution < -0.4 is 5.32 Å². The van der Waals surface area contributed by atoms with Crippen LogP contribution >= 0.6 is 43.2 Å². The number of carbonyl (C=O) groups is 2. The highest BCUT2D eigenvalue weighted by Crippen LogP contribution is 2.36. The van der Waals surface area contributed by atoms with Gasteiger partial charge in [0.1, 0.15) is 0 Å². The Kier molecular flexibility index (Phi) is 4.75. The monoisotopic (exact) mass is 355 g/mol. The smallest absolute Gasteiger partial charge is 0.305 e. The van der Waals surface area contributed by atoms with Crippen molar-refractivity contribution in [3.05, 3.63) is 19.2 Å². The number of carboxylic acid groups (broad SMARTS) is 1. The van der Waals surface area contributed by atoms with E-state index in [4.69, 9.17) is 5.11 Å². The average Bonchev–Trinajstić information content (AvgIpc) is 2.46. The maximum atomic E-state index is 10.6. The summed E-state index contributed by atoms with van der Waals surface area (Å²) in [6, 6.07) is 1.31. The highest BCUT2D eigenvalue weighted by atomic mass is 79.9. The molecular formula is C8H7Br2NO3S. The second-order valence-electron chi connectivity index (χ2n) is 2.71. The molecule has 7 heteroatoms. The van der Waals surface area contributed by atoms with Crippen LogP contribution in [0.3, 0.4) is 0 Å². The summed E-state index contributed by atoms with van der Waals surface area (Å²) in [6.07, 6.45) is 0.382. The largest absolute Gasteiger partial charge is 0.481 e. The van der Waals surface area contributed by atoms with Crippen LogP contribution in [0.15, 0.2) is 14.3 Å². The Morgan fingerprint density at radius 3 is 2.73 bits per heavy atom. The number of nitrogens with one attached hydrogen (secondary N) is 1. The van der Waals surface area contributed by atoms with E-state index in [-0.39, 0.29) is 6.42 Å². The minimum absolute atomic E-state index is 0.127. The van der Waals surface area contributed by atoms with Crippen molar-refractivity contribution in [1.29, 1.82) is 0 Å². The van der Waals surface area contributed by atoms with E-state index < -0.39 is 12.0 Å². The number of aliphatic carboxylic acids is 1. The van der Waals surface area contributed by atoms with Gasteiger partial charge in [-0.3, -0.25) is 9.59 Å². The van der Waals surface area contributed by atoms with Gasteiger partial charge in [0.15, 0.2) is 0 Å². The van der Waals surface area contributed by atoms with Gasteiger partial charge in [0.2, 0.25) is 6.41 Å². The van der Waals surface area contributed by atoms with Gasteiger partial charge in [0.05, 0.1) is 16.2 Å². The first kappa shape index (κ1) is 12.7. The number of rotatable bonds is 5. The van der Waals surface area contributed by atoms with Gasteiger partial charge in [-0.1, -0.05) is 0 Å². The van der Waals surface area contributed by atoms with Gasteiger partial charge in [-0.25, -0.2) is 0 Å². The zero-order valence-corrected chi connectivity index (χ0v) is 11.4. The van der Waals surface area contributed by atoms with E-state index in [9.17, 15) is 9.59 Å². The van der Waals surface area contributed by atoms with Crippen molar-refractivity contribution >= 4 is 55.6 Å². The third-order valence-corrected chi connectivity index (χ3v) is 5.03. The molecule has 0 aromatic carbocycles. The second-order valence-corrected chi connectivity index (χ2v) is 5.96. The zero-order chi connectivity index (χ0) is 11.4. The summed E-state index contributed by atoms with van der Waals surface area (Å²) in [6.45, 7) is 0. The van der Waals surface area contributed by atoms with Crippen LogP contribution in [0.4, 0.5) is 0 Å². The molecule has 0 saturated carbocycles. The Morgan fingerprint density at radius 1 is 1.67 bits per heavy atom. The molecule has 82 valence electrons. The molecular weight excluding hydrogens is 350 g/mol. The number of carbonyl (C=O) groups excluding carboxylic acids is 1. The standard InChI is InChI=1S/C8H7Br2NO3S/c9-4-1-6(15-8(4)10)5(11-3-12)2-7(13)14/h1,3,5H,2H2,(H,11,12)(H,13,14). The molecule has 1 heterocycles. The lowest BCUT2D eigenvalue weighted by molar-refractivity contribution is -0.137. The first-order valence-electron chi connectivity index (χ1n) is 3.90. The summed E-state index contributed by atoms with van der Waals surface area (Å²) in [4.78, 5) is 21.7. The van der Waals surface area contributed by atoms with Gasteiger partial charge < -0.3 is 10.4 Å². The van der Waals surface area contributed by atoms with Crippen LogP contribution in [-0.2, 0) is 9.59 Å². The Hall–Kier alpha value is -0.400. The van der Waals surface area contributed by atoms with Gasteiger partial charge in [0.25, 0.3) is 0 Å². The van der Waals surface area contributed by atoms with Crippen LogP contribution in [0, 0.1) is 0 Å². The fraction of sp³-hybridized carbons (Fsp3) is 0.250. The molecule has 4 nitrogen and oxygen atoms in total. The summed E-state index contributed by atoms with van der Waals surface area (Å²) in [7, 11) is 0. The molecule has 0 bridgehead atoms. The van der Waals surface area contributed by atoms with Crippen molar-refractivity contribution in [2.75, 3.05) is 0 Å². The minimum atomic E-state index is -0.949. The van der Waals surface area contributed by atoms with E-state index in [1.54, 1.807) is 6.07 Å². The van der Waals surface area contributed by atoms with Crippen molar-refractivity contribution in [2.45, 2.75) is 12.5 Å². The second kappa shape index (κ2) is 5.62. The lowest BCUT2D eigenvalue weighted by atomic mass is 10.2. The fourth-order valence-electron chi connectivity index (χ4n) is 1.03. The van der Waals surface area contributed by atoms with Crippen molar-refractivity contribution in [3.63, 3.8) is 0 Å². The number of amides is 1. The minimum Gasteiger partial charge on any atom is -0.481 e. The first-order chi connectivity index (χ1) is 7.04. The summed E-state index contributed by atoms with van der Waals surface area (Å²) in [5, 5.41) is 11.2. The number of carboxylic acids is 1. The summed E-state index contributed by atoms with van der Waals surface area (Å²) in [5.41, 5.74) is 0. The zero-order valence-electron chi connectivity index (χ0n) is 7.37. The highest BCUT2D eigenvalue weighted by molar-refractivity contribution is 9.13. The summed E-state index contributed by atoms with van der Waals surface area (Å²) < 4.78 is 1.73. The first-order valence-corrected chi connectivity index (χ1v) is 6.31. The van der Waals surface area contributed by atoms with Crippen LogP contribution in [0.25, 0.3) is 0 Å². The topological polar surface area (TPSA) is 66.4 Å². The Bertz CT molecular complexity index is 360. The molecule has 0 saturated heterocycles. The predicted octanol–water partition coefficient (Wildman–Crippen LogP) is 2.53. The molecule has 1 aromatic heterocycles. The normalized spacial score (nSPS) is 12.1. The molecule has 0 radical (unpaired) electrons. The Labute approximate surface area is 107 Å². The molecule has 1 atom stereocenters. The van der Waals surface area contributed by atoms with Crippen molar-refractivity contribution < 1.29 is 14.7 Å². The molecule has 1 aromatic rings. The van der Waals surface area contributed by atoms with E-state index >= 15 is 0 Å². The van der Waals surface area contributed by atoms with Gasteiger partial charge in [-0.2, -0.15) is 0 Å². The van der Waals surface area contributed by atoms with Crippen LogP contribution in [0.2, 0.25) is 0 Å². The molecule has 1 amide bonds. The third kappa shape index (κ3) is 3.58. The lowest BCUT2D eigenvalue weighted by Gasteiger charge is -2.10. The highest BCUT2D eigenvalue weighted by Gasteiger charge is 2.18. The quantitative estimate of drug-likeness (QED) is 0.796. The molecule has 1 rings (SSSR count). The number of thiophene rings is 1. The summed E-state index contributed by atoms with van der Waals surface area (Å²) in [5.74, 6) is -0.949. The van der Waals surface area contributed by atoms with Gasteiger partial charge in [-0.05, 0) is 37.9 Å². The van der Waals surface area contributed by atoms with Crippen LogP contribution in [-0.4, -0.2) is 17.5 Å². The van der Waals surface area contributed by atoms with E-state index in [0.29, 0.717) is 6.41 Å². The van der Waals surface area contributed by atoms with Gasteiger partial charge >= 0.3 is 5.97 Å². The van der Waals surface area contributed by atoms with E-state index in [0.717, 1.165) is 13.1 Å². The Balaban J connectivity index is 2.87. The van der Waals surface area contributed by atoms with E-state index in [1.807, 2.05) is 0 Å². The number of halogens is 2.